The highest BCUT2D eigenvalue weighted by Crippen LogP contribution is 2.25. The maximum Gasteiger partial charge on any atom is 0.244 e. The van der Waals surface area contributed by atoms with Crippen LogP contribution in [0.15, 0.2) is 46.9 Å². The second kappa shape index (κ2) is 12.1. The summed E-state index contributed by atoms with van der Waals surface area (Å²) in [5, 5.41) is 3.46. The molecular weight excluding hydrogens is 553 g/mol. The van der Waals surface area contributed by atoms with Gasteiger partial charge in [0.2, 0.25) is 21.8 Å². The summed E-state index contributed by atoms with van der Waals surface area (Å²) in [6.07, 6.45) is 1.77. The summed E-state index contributed by atoms with van der Waals surface area (Å²) in [4.78, 5) is 27.4. The predicted molar refractivity (Wildman–Crippen MR) is 136 cm³/mol. The number of benzene rings is 2. The van der Waals surface area contributed by atoms with Gasteiger partial charge in [0.05, 0.1) is 22.0 Å². The maximum atomic E-state index is 13.4. The van der Waals surface area contributed by atoms with E-state index in [-0.39, 0.29) is 12.5 Å². The van der Waals surface area contributed by atoms with E-state index in [0.29, 0.717) is 32.3 Å². The first kappa shape index (κ1) is 27.4. The summed E-state index contributed by atoms with van der Waals surface area (Å²) in [7, 11) is -3.78. The van der Waals surface area contributed by atoms with Crippen LogP contribution in [0.2, 0.25) is 10.0 Å². The maximum absolute atomic E-state index is 13.4. The van der Waals surface area contributed by atoms with Crippen molar-refractivity contribution >= 4 is 66.7 Å². The van der Waals surface area contributed by atoms with Gasteiger partial charge in [-0.05, 0) is 49.2 Å². The van der Waals surface area contributed by atoms with Gasteiger partial charge in [-0.25, -0.2) is 8.42 Å². The summed E-state index contributed by atoms with van der Waals surface area (Å²) in [6, 6.07) is 10.7. The van der Waals surface area contributed by atoms with Gasteiger partial charge in [-0.2, -0.15) is 0 Å². The molecule has 1 N–H and O–H groups in total. The van der Waals surface area contributed by atoms with E-state index in [4.69, 9.17) is 23.2 Å². The smallest absolute Gasteiger partial charge is 0.244 e. The van der Waals surface area contributed by atoms with Crippen LogP contribution in [0.5, 0.6) is 0 Å². The minimum absolute atomic E-state index is 0.0481. The molecule has 33 heavy (non-hydrogen) atoms. The molecule has 7 nitrogen and oxygen atoms in total. The van der Waals surface area contributed by atoms with Crippen LogP contribution < -0.4 is 9.62 Å². The number of rotatable bonds is 10. The Hall–Kier alpha value is -1.81. The molecule has 0 fully saturated rings. The topological polar surface area (TPSA) is 86.8 Å². The van der Waals surface area contributed by atoms with E-state index in [0.717, 1.165) is 17.0 Å². The molecule has 11 heteroatoms. The molecule has 0 aliphatic rings. The number of hydrogen-bond donors (Lipinski definition) is 1. The highest BCUT2D eigenvalue weighted by Gasteiger charge is 2.30. The minimum Gasteiger partial charge on any atom is -0.354 e. The molecule has 0 aliphatic heterocycles. The molecule has 0 heterocycles. The summed E-state index contributed by atoms with van der Waals surface area (Å²) in [6.45, 7) is 3.57. The molecule has 0 aromatic heterocycles. The van der Waals surface area contributed by atoms with Crippen molar-refractivity contribution in [2.45, 2.75) is 32.9 Å². The average Bonchev–Trinajstić information content (AvgIpc) is 2.75. The minimum atomic E-state index is -3.78. The highest BCUT2D eigenvalue weighted by molar-refractivity contribution is 9.10. The van der Waals surface area contributed by atoms with Gasteiger partial charge in [0.25, 0.3) is 0 Å². The van der Waals surface area contributed by atoms with Gasteiger partial charge < -0.3 is 10.2 Å². The van der Waals surface area contributed by atoms with Crippen LogP contribution in [0, 0.1) is 0 Å². The summed E-state index contributed by atoms with van der Waals surface area (Å²) < 4.78 is 26.7. The first-order chi connectivity index (χ1) is 15.4. The Labute approximate surface area is 213 Å². The number of anilines is 1. The normalized spacial score (nSPS) is 12.2. The lowest BCUT2D eigenvalue weighted by molar-refractivity contribution is -0.139. The van der Waals surface area contributed by atoms with Gasteiger partial charge in [-0.15, -0.1) is 0 Å². The lowest BCUT2D eigenvalue weighted by Gasteiger charge is -2.31. The van der Waals surface area contributed by atoms with Gasteiger partial charge in [0.1, 0.15) is 12.6 Å². The van der Waals surface area contributed by atoms with Crippen LogP contribution in [0.1, 0.15) is 25.8 Å². The lowest BCUT2D eigenvalue weighted by atomic mass is 10.1. The monoisotopic (exact) mass is 577 g/mol. The standard InChI is InChI=1S/C22H26BrCl2N3O4S/c1-4-10-26-22(30)15(2)27(13-16-8-9-19(24)20(25)11-16)21(29)14-28(33(3,31)32)18-7-5-6-17(23)12-18/h5-9,11-12,15H,4,10,13-14H2,1-3H3,(H,26,30)/t15-/m0/s1. The van der Waals surface area contributed by atoms with Gasteiger partial charge in [0, 0.05) is 17.6 Å². The third-order valence-electron chi connectivity index (χ3n) is 4.83. The van der Waals surface area contributed by atoms with E-state index < -0.39 is 28.5 Å². The number of nitrogens with one attached hydrogen (secondary N) is 1. The number of hydrogen-bond acceptors (Lipinski definition) is 4. The molecule has 0 spiro atoms. The van der Waals surface area contributed by atoms with Crippen LogP contribution >= 0.6 is 39.1 Å². The Morgan fingerprint density at radius 1 is 1.12 bits per heavy atom. The fourth-order valence-electron chi connectivity index (χ4n) is 3.06. The third kappa shape index (κ3) is 7.88. The van der Waals surface area contributed by atoms with Crippen LogP contribution in [0.3, 0.4) is 0 Å². The van der Waals surface area contributed by atoms with Crippen molar-refractivity contribution in [3.8, 4) is 0 Å². The van der Waals surface area contributed by atoms with E-state index in [2.05, 4.69) is 21.2 Å². The first-order valence-electron chi connectivity index (χ1n) is 10.2. The molecular formula is C22H26BrCl2N3O4S. The van der Waals surface area contributed by atoms with Crippen molar-refractivity contribution in [2.75, 3.05) is 23.7 Å². The molecule has 0 radical (unpaired) electrons. The van der Waals surface area contributed by atoms with Crippen LogP contribution in [0.25, 0.3) is 0 Å². The molecule has 2 amide bonds. The van der Waals surface area contributed by atoms with Crippen LogP contribution in [-0.4, -0.2) is 50.5 Å². The van der Waals surface area contributed by atoms with Crippen molar-refractivity contribution in [2.24, 2.45) is 0 Å². The first-order valence-corrected chi connectivity index (χ1v) is 13.6. The zero-order valence-corrected chi connectivity index (χ0v) is 22.4. The molecule has 2 aromatic rings. The SMILES string of the molecule is CCCNC(=O)[C@H](C)N(Cc1ccc(Cl)c(Cl)c1)C(=O)CN(c1cccc(Br)c1)S(C)(=O)=O. The van der Waals surface area contributed by atoms with Crippen molar-refractivity contribution in [3.63, 3.8) is 0 Å². The van der Waals surface area contributed by atoms with Gasteiger partial charge >= 0.3 is 0 Å². The highest BCUT2D eigenvalue weighted by atomic mass is 79.9. The molecule has 0 aliphatic carbocycles. The molecule has 0 unspecified atom stereocenters. The third-order valence-corrected chi connectivity index (χ3v) is 7.20. The number of carbonyl (C=O) groups is 2. The number of carbonyl (C=O) groups excluding carboxylic acids is 2. The van der Waals surface area contributed by atoms with Crippen LogP contribution in [0.4, 0.5) is 5.69 Å². The quantitative estimate of drug-likeness (QED) is 0.451. The second-order valence-electron chi connectivity index (χ2n) is 7.49. The molecule has 2 aromatic carbocycles. The predicted octanol–water partition coefficient (Wildman–Crippen LogP) is 4.47. The average molecular weight is 579 g/mol. The van der Waals surface area contributed by atoms with Gasteiger partial charge in [-0.1, -0.05) is 58.2 Å². The van der Waals surface area contributed by atoms with Gasteiger partial charge in [0.15, 0.2) is 0 Å². The Bertz CT molecular complexity index is 1110. The summed E-state index contributed by atoms with van der Waals surface area (Å²) in [5.74, 6) is -0.871. The van der Waals surface area contributed by atoms with E-state index in [1.54, 1.807) is 49.4 Å². The van der Waals surface area contributed by atoms with Crippen LogP contribution in [-0.2, 0) is 26.2 Å². The molecule has 1 atom stereocenters. The molecule has 0 bridgehead atoms. The largest absolute Gasteiger partial charge is 0.354 e. The second-order valence-corrected chi connectivity index (χ2v) is 11.1. The molecule has 0 saturated carbocycles. The lowest BCUT2D eigenvalue weighted by Crippen LogP contribution is -2.51. The Morgan fingerprint density at radius 2 is 1.82 bits per heavy atom. The number of amides is 2. The molecule has 0 saturated heterocycles. The Balaban J connectivity index is 2.39. The summed E-state index contributed by atoms with van der Waals surface area (Å²) in [5.41, 5.74) is 0.985. The number of sulfonamides is 1. The Morgan fingerprint density at radius 3 is 2.39 bits per heavy atom. The fourth-order valence-corrected chi connectivity index (χ4v) is 4.61. The Kier molecular flexibility index (Phi) is 10.0. The fraction of sp³-hybridized carbons (Fsp3) is 0.364. The zero-order chi connectivity index (χ0) is 24.8. The van der Waals surface area contributed by atoms with E-state index >= 15 is 0 Å². The summed E-state index contributed by atoms with van der Waals surface area (Å²) >= 11 is 15.4. The number of nitrogens with zero attached hydrogens (tertiary/aromatic N) is 2. The van der Waals surface area contributed by atoms with Crippen molar-refractivity contribution in [1.29, 1.82) is 0 Å². The molecule has 2 rings (SSSR count). The van der Waals surface area contributed by atoms with Crippen molar-refractivity contribution in [3.05, 3.63) is 62.5 Å². The van der Waals surface area contributed by atoms with E-state index in [1.165, 1.54) is 4.90 Å². The molecule has 180 valence electrons. The zero-order valence-electron chi connectivity index (χ0n) is 18.5. The number of halogens is 3. The van der Waals surface area contributed by atoms with E-state index in [1.807, 2.05) is 6.92 Å². The van der Waals surface area contributed by atoms with Crippen molar-refractivity contribution in [1.82, 2.24) is 10.2 Å². The van der Waals surface area contributed by atoms with Crippen molar-refractivity contribution < 1.29 is 18.0 Å². The van der Waals surface area contributed by atoms with Gasteiger partial charge in [-0.3, -0.25) is 13.9 Å². The van der Waals surface area contributed by atoms with E-state index in [9.17, 15) is 18.0 Å².